The van der Waals surface area contributed by atoms with Crippen molar-refractivity contribution in [2.24, 2.45) is 11.8 Å². The highest BCUT2D eigenvalue weighted by molar-refractivity contribution is 9.10. The van der Waals surface area contributed by atoms with Crippen molar-refractivity contribution < 1.29 is 4.74 Å². The first-order valence-electron chi connectivity index (χ1n) is 7.60. The van der Waals surface area contributed by atoms with Gasteiger partial charge in [0.1, 0.15) is 11.4 Å². The molecular weight excluding hydrogens is 342 g/mol. The largest absolute Gasteiger partial charge is 0.490 e. The summed E-state index contributed by atoms with van der Waals surface area (Å²) in [6.07, 6.45) is 5.06. The molecule has 22 heavy (non-hydrogen) atoms. The van der Waals surface area contributed by atoms with E-state index in [4.69, 9.17) is 15.0 Å². The molecule has 2 aromatic heterocycles. The Morgan fingerprint density at radius 1 is 1.50 bits per heavy atom. The number of pyridine rings is 1. The molecule has 3 rings (SSSR count). The average molecular weight is 362 g/mol. The van der Waals surface area contributed by atoms with Gasteiger partial charge in [-0.15, -0.1) is 0 Å². The van der Waals surface area contributed by atoms with Crippen LogP contribution in [0.25, 0.3) is 5.65 Å². The minimum absolute atomic E-state index is 0.0159. The highest BCUT2D eigenvalue weighted by Crippen LogP contribution is 2.51. The second kappa shape index (κ2) is 5.27. The average Bonchev–Trinajstić information content (AvgIpc) is 2.86. The molecule has 0 radical (unpaired) electrons. The van der Waals surface area contributed by atoms with E-state index in [1.54, 1.807) is 0 Å². The summed E-state index contributed by atoms with van der Waals surface area (Å²) in [5.74, 6) is 1.28. The van der Waals surface area contributed by atoms with Crippen LogP contribution >= 0.6 is 15.9 Å². The number of hydrogen-bond acceptors (Lipinski definition) is 3. The lowest BCUT2D eigenvalue weighted by molar-refractivity contribution is 0.0969. The third-order valence-corrected chi connectivity index (χ3v) is 5.47. The molecule has 0 amide bonds. The Morgan fingerprint density at radius 2 is 2.23 bits per heavy atom. The minimum Gasteiger partial charge on any atom is -0.490 e. The van der Waals surface area contributed by atoms with Crippen molar-refractivity contribution in [3.8, 4) is 11.8 Å². The van der Waals surface area contributed by atoms with E-state index in [0.717, 1.165) is 28.0 Å². The maximum Gasteiger partial charge on any atom is 0.140 e. The summed E-state index contributed by atoms with van der Waals surface area (Å²) in [6, 6.07) is 4.35. The van der Waals surface area contributed by atoms with Crippen LogP contribution in [-0.4, -0.2) is 15.5 Å². The molecule has 1 aliphatic carbocycles. The van der Waals surface area contributed by atoms with Gasteiger partial charge in [0.15, 0.2) is 0 Å². The third-order valence-electron chi connectivity index (χ3n) is 4.88. The van der Waals surface area contributed by atoms with Gasteiger partial charge < -0.3 is 9.14 Å². The molecule has 2 heterocycles. The summed E-state index contributed by atoms with van der Waals surface area (Å²) in [6.45, 7) is 8.36. The lowest BCUT2D eigenvalue weighted by atomic mass is 9.54. The Kier molecular flexibility index (Phi) is 3.68. The summed E-state index contributed by atoms with van der Waals surface area (Å²) < 4.78 is 8.73. The molecule has 5 heteroatoms. The zero-order valence-corrected chi connectivity index (χ0v) is 14.9. The van der Waals surface area contributed by atoms with Gasteiger partial charge in [0.05, 0.1) is 28.3 Å². The second-order valence-corrected chi connectivity index (χ2v) is 7.54. The number of aromatic nitrogens is 2. The standard InChI is InChI=1S/C17H20BrN3O/c1-10(2)22-14-5-16-20-15(9-21(16)8-13(14)18)17(4)6-12(7-19)11(17)3/h5,8-12H,6H2,1-4H3. The van der Waals surface area contributed by atoms with E-state index in [9.17, 15) is 0 Å². The van der Waals surface area contributed by atoms with Crippen LogP contribution in [0.3, 0.4) is 0 Å². The smallest absolute Gasteiger partial charge is 0.140 e. The van der Waals surface area contributed by atoms with E-state index in [2.05, 4.69) is 42.0 Å². The molecule has 0 aromatic carbocycles. The zero-order valence-electron chi connectivity index (χ0n) is 13.3. The van der Waals surface area contributed by atoms with Crippen LogP contribution in [0.5, 0.6) is 5.75 Å². The quantitative estimate of drug-likeness (QED) is 0.817. The number of rotatable bonds is 3. The van der Waals surface area contributed by atoms with Crippen LogP contribution in [-0.2, 0) is 5.41 Å². The Hall–Kier alpha value is -1.54. The Morgan fingerprint density at radius 3 is 2.82 bits per heavy atom. The van der Waals surface area contributed by atoms with Crippen molar-refractivity contribution in [1.29, 1.82) is 5.26 Å². The summed E-state index contributed by atoms with van der Waals surface area (Å²) >= 11 is 3.55. The molecule has 0 saturated heterocycles. The lowest BCUT2D eigenvalue weighted by Crippen LogP contribution is -2.47. The van der Waals surface area contributed by atoms with Crippen LogP contribution in [0, 0.1) is 23.2 Å². The summed E-state index contributed by atoms with van der Waals surface area (Å²) in [5.41, 5.74) is 1.92. The van der Waals surface area contributed by atoms with E-state index in [-0.39, 0.29) is 17.4 Å². The van der Waals surface area contributed by atoms with Crippen molar-refractivity contribution in [3.63, 3.8) is 0 Å². The molecular formula is C17H20BrN3O. The second-order valence-electron chi connectivity index (χ2n) is 6.69. The van der Waals surface area contributed by atoms with Crippen molar-refractivity contribution in [2.75, 3.05) is 0 Å². The summed E-state index contributed by atoms with van der Waals surface area (Å²) in [7, 11) is 0. The normalized spacial score (nSPS) is 27.7. The molecule has 0 bridgehead atoms. The Balaban J connectivity index is 1.99. The highest BCUT2D eigenvalue weighted by Gasteiger charge is 2.50. The SMILES string of the molecule is CC(C)Oc1cc2nc(C3(C)CC(C#N)C3C)cn2cc1Br. The zero-order chi connectivity index (χ0) is 16.1. The van der Waals surface area contributed by atoms with Crippen molar-refractivity contribution >= 4 is 21.6 Å². The van der Waals surface area contributed by atoms with Crippen LogP contribution in [0.15, 0.2) is 22.9 Å². The van der Waals surface area contributed by atoms with E-state index >= 15 is 0 Å². The number of imidazole rings is 1. The maximum atomic E-state index is 9.13. The fourth-order valence-electron chi connectivity index (χ4n) is 3.21. The molecule has 3 atom stereocenters. The lowest BCUT2D eigenvalue weighted by Gasteiger charge is -2.48. The van der Waals surface area contributed by atoms with Gasteiger partial charge >= 0.3 is 0 Å². The van der Waals surface area contributed by atoms with Gasteiger partial charge in [-0.3, -0.25) is 0 Å². The molecule has 0 N–H and O–H groups in total. The van der Waals surface area contributed by atoms with E-state index in [1.165, 1.54) is 0 Å². The molecule has 0 aliphatic heterocycles. The molecule has 0 spiro atoms. The van der Waals surface area contributed by atoms with Crippen LogP contribution in [0.4, 0.5) is 0 Å². The predicted octanol–water partition coefficient (Wildman–Crippen LogP) is 4.32. The molecule has 2 aromatic rings. The molecule has 116 valence electrons. The van der Waals surface area contributed by atoms with Gasteiger partial charge in [0.2, 0.25) is 0 Å². The monoisotopic (exact) mass is 361 g/mol. The van der Waals surface area contributed by atoms with Crippen molar-refractivity contribution in [3.05, 3.63) is 28.6 Å². The number of ether oxygens (including phenoxy) is 1. The number of hydrogen-bond donors (Lipinski definition) is 0. The van der Waals surface area contributed by atoms with Gasteiger partial charge in [-0.1, -0.05) is 13.8 Å². The van der Waals surface area contributed by atoms with Crippen molar-refractivity contribution in [2.45, 2.75) is 45.6 Å². The first kappa shape index (κ1) is 15.4. The summed E-state index contributed by atoms with van der Waals surface area (Å²) in [4.78, 5) is 4.79. The number of halogens is 1. The first-order chi connectivity index (χ1) is 10.3. The van der Waals surface area contributed by atoms with Gasteiger partial charge in [0, 0.05) is 23.9 Å². The fourth-order valence-corrected chi connectivity index (χ4v) is 3.64. The fraction of sp³-hybridized carbons (Fsp3) is 0.529. The van der Waals surface area contributed by atoms with E-state index < -0.39 is 0 Å². The summed E-state index contributed by atoms with van der Waals surface area (Å²) in [5, 5.41) is 9.13. The predicted molar refractivity (Wildman–Crippen MR) is 88.9 cm³/mol. The topological polar surface area (TPSA) is 50.3 Å². The van der Waals surface area contributed by atoms with E-state index in [1.807, 2.05) is 30.5 Å². The molecule has 4 nitrogen and oxygen atoms in total. The van der Waals surface area contributed by atoms with Gasteiger partial charge in [-0.25, -0.2) is 4.98 Å². The number of fused-ring (bicyclic) bond motifs is 1. The Bertz CT molecular complexity index is 761. The van der Waals surface area contributed by atoms with Crippen LogP contribution < -0.4 is 4.74 Å². The number of nitriles is 1. The van der Waals surface area contributed by atoms with Gasteiger partial charge in [-0.05, 0) is 42.1 Å². The molecule has 1 fully saturated rings. The third kappa shape index (κ3) is 2.30. The van der Waals surface area contributed by atoms with E-state index in [0.29, 0.717) is 5.92 Å². The van der Waals surface area contributed by atoms with Crippen LogP contribution in [0.1, 0.15) is 39.8 Å². The molecule has 1 aliphatic rings. The maximum absolute atomic E-state index is 9.13. The minimum atomic E-state index is -0.0159. The highest BCUT2D eigenvalue weighted by atomic mass is 79.9. The molecule has 3 unspecified atom stereocenters. The van der Waals surface area contributed by atoms with Crippen LogP contribution in [0.2, 0.25) is 0 Å². The molecule has 1 saturated carbocycles. The van der Waals surface area contributed by atoms with Gasteiger partial charge in [0.25, 0.3) is 0 Å². The first-order valence-corrected chi connectivity index (χ1v) is 8.39. The van der Waals surface area contributed by atoms with Crippen molar-refractivity contribution in [1.82, 2.24) is 9.38 Å². The number of nitrogens with zero attached hydrogens (tertiary/aromatic N) is 3. The van der Waals surface area contributed by atoms with Gasteiger partial charge in [-0.2, -0.15) is 5.26 Å². The Labute approximate surface area is 139 Å².